The fourth-order valence-electron chi connectivity index (χ4n) is 2.28. The van der Waals surface area contributed by atoms with E-state index in [2.05, 4.69) is 31.5 Å². The minimum atomic E-state index is -0.245. The third-order valence-corrected chi connectivity index (χ3v) is 4.20. The van der Waals surface area contributed by atoms with Crippen molar-refractivity contribution < 1.29 is 9.53 Å². The summed E-state index contributed by atoms with van der Waals surface area (Å²) in [6.07, 6.45) is 1.64. The van der Waals surface area contributed by atoms with Gasteiger partial charge in [0.15, 0.2) is 0 Å². The van der Waals surface area contributed by atoms with E-state index in [0.717, 1.165) is 15.9 Å². The van der Waals surface area contributed by atoms with Crippen LogP contribution < -0.4 is 15.4 Å². The number of nitrogens with one attached hydrogen (secondary N) is 2. The third-order valence-electron chi connectivity index (χ3n) is 3.51. The maximum Gasteiger partial charge on any atom is 0.259 e. The van der Waals surface area contributed by atoms with Crippen molar-refractivity contribution in [3.05, 3.63) is 76.9 Å². The van der Waals surface area contributed by atoms with Crippen LogP contribution in [0.4, 0.5) is 17.2 Å². The summed E-state index contributed by atoms with van der Waals surface area (Å²) in [5, 5.41) is 6.05. The summed E-state index contributed by atoms with van der Waals surface area (Å²) in [6, 6.07) is 18.3. The Labute approximate surface area is 154 Å². The summed E-state index contributed by atoms with van der Waals surface area (Å²) < 4.78 is 6.03. The molecule has 3 aromatic rings. The zero-order chi connectivity index (χ0) is 17.6. The number of pyridine rings is 1. The van der Waals surface area contributed by atoms with Crippen LogP contribution in [0.2, 0.25) is 0 Å². The summed E-state index contributed by atoms with van der Waals surface area (Å²) in [5.41, 5.74) is 1.93. The number of rotatable bonds is 5. The van der Waals surface area contributed by atoms with Crippen molar-refractivity contribution in [3.63, 3.8) is 0 Å². The van der Waals surface area contributed by atoms with Crippen LogP contribution in [0.25, 0.3) is 0 Å². The molecule has 1 amide bonds. The van der Waals surface area contributed by atoms with Crippen molar-refractivity contribution in [1.82, 2.24) is 4.98 Å². The van der Waals surface area contributed by atoms with E-state index < -0.39 is 0 Å². The number of halogens is 1. The van der Waals surface area contributed by atoms with Gasteiger partial charge in [-0.25, -0.2) is 4.98 Å². The summed E-state index contributed by atoms with van der Waals surface area (Å²) >= 11 is 3.43. The first-order valence-corrected chi connectivity index (χ1v) is 8.38. The molecule has 0 spiro atoms. The number of benzene rings is 2. The SMILES string of the molecule is COc1cccc(Nc2ncccc2C(=O)Nc2ccccc2Br)c1. The fraction of sp³-hybridized carbons (Fsp3) is 0.0526. The van der Waals surface area contributed by atoms with Gasteiger partial charge in [-0.2, -0.15) is 0 Å². The molecule has 0 saturated carbocycles. The van der Waals surface area contributed by atoms with Gasteiger partial charge in [-0.3, -0.25) is 4.79 Å². The molecule has 0 bridgehead atoms. The lowest BCUT2D eigenvalue weighted by Crippen LogP contribution is -2.15. The van der Waals surface area contributed by atoms with Gasteiger partial charge in [-0.15, -0.1) is 0 Å². The van der Waals surface area contributed by atoms with Gasteiger partial charge in [0, 0.05) is 22.4 Å². The van der Waals surface area contributed by atoms with Gasteiger partial charge in [0.2, 0.25) is 0 Å². The molecule has 2 N–H and O–H groups in total. The molecule has 1 heterocycles. The number of carbonyl (C=O) groups is 1. The Balaban J connectivity index is 1.85. The van der Waals surface area contributed by atoms with Crippen LogP contribution in [0.5, 0.6) is 5.75 Å². The Bertz CT molecular complexity index is 899. The van der Waals surface area contributed by atoms with E-state index in [1.54, 1.807) is 25.4 Å². The van der Waals surface area contributed by atoms with Gasteiger partial charge in [-0.05, 0) is 52.3 Å². The maximum atomic E-state index is 12.7. The van der Waals surface area contributed by atoms with Crippen LogP contribution in [-0.2, 0) is 0 Å². The molecule has 126 valence electrons. The average Bonchev–Trinajstić information content (AvgIpc) is 2.64. The Morgan fingerprint density at radius 3 is 2.72 bits per heavy atom. The number of nitrogens with zero attached hydrogens (tertiary/aromatic N) is 1. The van der Waals surface area contributed by atoms with Gasteiger partial charge in [-0.1, -0.05) is 18.2 Å². The zero-order valence-electron chi connectivity index (χ0n) is 13.5. The van der Waals surface area contributed by atoms with Gasteiger partial charge < -0.3 is 15.4 Å². The second-order valence-corrected chi connectivity index (χ2v) is 6.04. The molecule has 0 aliphatic carbocycles. The highest BCUT2D eigenvalue weighted by Gasteiger charge is 2.14. The molecule has 0 unspecified atom stereocenters. The molecule has 0 aliphatic heterocycles. The lowest BCUT2D eigenvalue weighted by atomic mass is 10.2. The summed E-state index contributed by atoms with van der Waals surface area (Å²) in [6.45, 7) is 0. The highest BCUT2D eigenvalue weighted by molar-refractivity contribution is 9.10. The summed E-state index contributed by atoms with van der Waals surface area (Å²) in [7, 11) is 1.61. The largest absolute Gasteiger partial charge is 0.497 e. The number of hydrogen-bond donors (Lipinski definition) is 2. The number of aromatic nitrogens is 1. The topological polar surface area (TPSA) is 63.2 Å². The smallest absolute Gasteiger partial charge is 0.259 e. The molecule has 1 aromatic heterocycles. The van der Waals surface area contributed by atoms with Crippen molar-refractivity contribution in [2.45, 2.75) is 0 Å². The van der Waals surface area contributed by atoms with E-state index in [1.807, 2.05) is 48.5 Å². The number of anilines is 3. The van der Waals surface area contributed by atoms with E-state index in [9.17, 15) is 4.79 Å². The molecule has 0 radical (unpaired) electrons. The van der Waals surface area contributed by atoms with Crippen molar-refractivity contribution in [2.75, 3.05) is 17.7 Å². The van der Waals surface area contributed by atoms with Gasteiger partial charge in [0.05, 0.1) is 18.4 Å². The molecule has 0 saturated heterocycles. The number of amides is 1. The summed E-state index contributed by atoms with van der Waals surface area (Å²) in [5.74, 6) is 0.950. The summed E-state index contributed by atoms with van der Waals surface area (Å²) in [4.78, 5) is 17.0. The van der Waals surface area contributed by atoms with Crippen LogP contribution in [0, 0.1) is 0 Å². The van der Waals surface area contributed by atoms with E-state index >= 15 is 0 Å². The minimum Gasteiger partial charge on any atom is -0.497 e. The number of ether oxygens (including phenoxy) is 1. The Kier molecular flexibility index (Phi) is 5.30. The first-order valence-electron chi connectivity index (χ1n) is 7.59. The van der Waals surface area contributed by atoms with Crippen LogP contribution in [0.15, 0.2) is 71.3 Å². The molecule has 5 nitrogen and oxygen atoms in total. The highest BCUT2D eigenvalue weighted by Crippen LogP contribution is 2.25. The quantitative estimate of drug-likeness (QED) is 0.645. The Morgan fingerprint density at radius 2 is 1.92 bits per heavy atom. The first kappa shape index (κ1) is 17.0. The fourth-order valence-corrected chi connectivity index (χ4v) is 2.66. The molecule has 3 rings (SSSR count). The van der Waals surface area contributed by atoms with Gasteiger partial charge in [0.1, 0.15) is 11.6 Å². The number of carbonyl (C=O) groups excluding carboxylic acids is 1. The number of para-hydroxylation sites is 1. The van der Waals surface area contributed by atoms with E-state index in [-0.39, 0.29) is 5.91 Å². The van der Waals surface area contributed by atoms with Crippen molar-refractivity contribution in [3.8, 4) is 5.75 Å². The molecule has 25 heavy (non-hydrogen) atoms. The Morgan fingerprint density at radius 1 is 1.08 bits per heavy atom. The molecular weight excluding hydrogens is 382 g/mol. The lowest BCUT2D eigenvalue weighted by Gasteiger charge is -2.12. The maximum absolute atomic E-state index is 12.7. The van der Waals surface area contributed by atoms with Crippen molar-refractivity contribution in [2.24, 2.45) is 0 Å². The van der Waals surface area contributed by atoms with Gasteiger partial charge >= 0.3 is 0 Å². The second-order valence-electron chi connectivity index (χ2n) is 5.19. The number of hydrogen-bond acceptors (Lipinski definition) is 4. The van der Waals surface area contributed by atoms with Crippen LogP contribution >= 0.6 is 15.9 Å². The molecule has 0 atom stereocenters. The van der Waals surface area contributed by atoms with Gasteiger partial charge in [0.25, 0.3) is 5.91 Å². The molecular formula is C19H16BrN3O2. The predicted octanol–water partition coefficient (Wildman–Crippen LogP) is 4.85. The highest BCUT2D eigenvalue weighted by atomic mass is 79.9. The average molecular weight is 398 g/mol. The van der Waals surface area contributed by atoms with Crippen LogP contribution in [-0.4, -0.2) is 18.0 Å². The lowest BCUT2D eigenvalue weighted by molar-refractivity contribution is 0.102. The molecule has 0 aliphatic rings. The minimum absolute atomic E-state index is 0.245. The van der Waals surface area contributed by atoms with E-state index in [4.69, 9.17) is 4.74 Å². The standard InChI is InChI=1S/C19H16BrN3O2/c1-25-14-7-4-6-13(12-14)22-18-15(8-5-11-21-18)19(24)23-17-10-3-2-9-16(17)20/h2-12H,1H3,(H,21,22)(H,23,24). The normalized spacial score (nSPS) is 10.2. The first-order chi connectivity index (χ1) is 12.2. The van der Waals surface area contributed by atoms with E-state index in [1.165, 1.54) is 0 Å². The number of methoxy groups -OCH3 is 1. The molecule has 6 heteroatoms. The zero-order valence-corrected chi connectivity index (χ0v) is 15.1. The predicted molar refractivity (Wildman–Crippen MR) is 103 cm³/mol. The van der Waals surface area contributed by atoms with Crippen molar-refractivity contribution in [1.29, 1.82) is 0 Å². The monoisotopic (exact) mass is 397 g/mol. The second kappa shape index (κ2) is 7.81. The third kappa shape index (κ3) is 4.16. The van der Waals surface area contributed by atoms with Crippen LogP contribution in [0.3, 0.4) is 0 Å². The molecule has 2 aromatic carbocycles. The van der Waals surface area contributed by atoms with Crippen LogP contribution in [0.1, 0.15) is 10.4 Å². The Hall–Kier alpha value is -2.86. The van der Waals surface area contributed by atoms with Crippen molar-refractivity contribution >= 4 is 39.0 Å². The van der Waals surface area contributed by atoms with E-state index in [0.29, 0.717) is 17.1 Å². The molecule has 0 fully saturated rings.